The Balaban J connectivity index is 1.70. The lowest BCUT2D eigenvalue weighted by atomic mass is 9.97. The quantitative estimate of drug-likeness (QED) is 0.110. The molecule has 2 atom stereocenters. The van der Waals surface area contributed by atoms with Crippen LogP contribution in [0.1, 0.15) is 48.2 Å². The van der Waals surface area contributed by atoms with E-state index < -0.39 is 76.5 Å². The Morgan fingerprint density at radius 1 is 1.12 bits per heavy atom. The molecule has 1 aliphatic rings. The highest BCUT2D eigenvalue weighted by atomic mass is 19.4. The fraction of sp³-hybridized carbons (Fsp3) is 0.308. The molecule has 226 valence electrons. The summed E-state index contributed by atoms with van der Waals surface area (Å²) in [6.07, 6.45) is -6.10. The van der Waals surface area contributed by atoms with Gasteiger partial charge in [-0.1, -0.05) is 42.5 Å². The van der Waals surface area contributed by atoms with Gasteiger partial charge in [0.2, 0.25) is 17.2 Å². The van der Waals surface area contributed by atoms with Gasteiger partial charge in [0, 0.05) is 12.5 Å². The minimum absolute atomic E-state index is 0.00933. The number of alkyl halides is 6. The molecule has 5 rings (SSSR count). The zero-order chi connectivity index (χ0) is 30.8. The smallest absolute Gasteiger partial charge is 0.426 e. The molecule has 0 radical (unpaired) electrons. The van der Waals surface area contributed by atoms with Crippen molar-refractivity contribution in [2.45, 2.75) is 49.9 Å². The molecule has 3 aromatic heterocycles. The number of fused-ring (bicyclic) bond motifs is 5. The average molecular weight is 610 g/mol. The van der Waals surface area contributed by atoms with Gasteiger partial charge in [0.1, 0.15) is 23.7 Å². The number of hydrogen-bond donors (Lipinski definition) is 1. The van der Waals surface area contributed by atoms with E-state index in [2.05, 4.69) is 25.5 Å². The second-order valence-electron chi connectivity index (χ2n) is 9.34. The Morgan fingerprint density at radius 2 is 1.88 bits per heavy atom. The number of aromatic nitrogens is 4. The first kappa shape index (κ1) is 29.7. The molecule has 4 bridgehead atoms. The fourth-order valence-electron chi connectivity index (χ4n) is 4.37. The third-order valence-electron chi connectivity index (χ3n) is 6.52. The number of anilines is 1. The topological polar surface area (TPSA) is 142 Å². The third kappa shape index (κ3) is 6.06. The van der Waals surface area contributed by atoms with Crippen LogP contribution >= 0.6 is 0 Å². The van der Waals surface area contributed by atoms with Crippen molar-refractivity contribution in [1.82, 2.24) is 20.2 Å². The van der Waals surface area contributed by atoms with E-state index >= 15 is 0 Å². The molecule has 1 unspecified atom stereocenters. The lowest BCUT2D eigenvalue weighted by molar-refractivity contribution is -0.384. The number of hydrogen-bond acceptors (Lipinski definition) is 10. The summed E-state index contributed by atoms with van der Waals surface area (Å²) in [6, 6.07) is 7.06. The molecular weight excluding hydrogens is 590 g/mol. The monoisotopic (exact) mass is 610 g/mol. The first-order chi connectivity index (χ1) is 20.4. The van der Waals surface area contributed by atoms with Crippen molar-refractivity contribution >= 4 is 11.5 Å². The van der Waals surface area contributed by atoms with E-state index in [1.807, 2.05) is 0 Å². The van der Waals surface area contributed by atoms with Crippen LogP contribution in [0.4, 0.5) is 37.8 Å². The Bertz CT molecular complexity index is 1610. The molecular formula is C26H20F6N6O5. The molecule has 11 nitrogen and oxygen atoms in total. The zero-order valence-electron chi connectivity index (χ0n) is 21.7. The maximum absolute atomic E-state index is 14.8. The van der Waals surface area contributed by atoms with Gasteiger partial charge in [0.15, 0.2) is 0 Å². The maximum Gasteiger partial charge on any atom is 0.426 e. The van der Waals surface area contributed by atoms with Gasteiger partial charge >= 0.3 is 18.0 Å². The average Bonchev–Trinajstić information content (AvgIpc) is 3.66. The van der Waals surface area contributed by atoms with Gasteiger partial charge in [-0.05, 0) is 18.4 Å². The normalized spacial score (nSPS) is 20.2. The number of ether oxygens (including phenoxy) is 1. The highest BCUT2D eigenvalue weighted by molar-refractivity contribution is 5.68. The molecule has 0 aliphatic carbocycles. The molecule has 43 heavy (non-hydrogen) atoms. The van der Waals surface area contributed by atoms with E-state index in [9.17, 15) is 36.5 Å². The second kappa shape index (κ2) is 11.5. The van der Waals surface area contributed by atoms with Gasteiger partial charge in [-0.25, -0.2) is 9.97 Å². The van der Waals surface area contributed by atoms with Crippen molar-refractivity contribution in [3.63, 3.8) is 0 Å². The van der Waals surface area contributed by atoms with Crippen molar-refractivity contribution in [2.24, 2.45) is 0 Å². The molecule has 0 spiro atoms. The first-order valence-corrected chi connectivity index (χ1v) is 12.6. The second-order valence-corrected chi connectivity index (χ2v) is 9.34. The number of benzene rings is 1. The summed E-state index contributed by atoms with van der Waals surface area (Å²) in [7, 11) is 0. The number of nitro groups is 1. The van der Waals surface area contributed by atoms with Crippen molar-refractivity contribution in [3.05, 3.63) is 94.0 Å². The predicted molar refractivity (Wildman–Crippen MR) is 134 cm³/mol. The zero-order valence-corrected chi connectivity index (χ0v) is 21.7. The number of rotatable bonds is 5. The molecule has 4 heterocycles. The van der Waals surface area contributed by atoms with E-state index in [4.69, 9.17) is 13.6 Å². The van der Waals surface area contributed by atoms with Crippen molar-refractivity contribution in [1.29, 1.82) is 0 Å². The Hall–Kier alpha value is -4.80. The number of nitrogens with one attached hydrogen (secondary N) is 1. The molecule has 0 fully saturated rings. The number of allylic oxidation sites excluding steroid dienone is 1. The Labute approximate surface area is 237 Å². The fourth-order valence-corrected chi connectivity index (χ4v) is 4.37. The molecule has 1 N–H and O–H groups in total. The lowest BCUT2D eigenvalue weighted by Gasteiger charge is -2.31. The van der Waals surface area contributed by atoms with Crippen LogP contribution in [0, 0.1) is 10.1 Å². The van der Waals surface area contributed by atoms with Crippen LogP contribution in [0.3, 0.4) is 0 Å². The lowest BCUT2D eigenvalue weighted by Crippen LogP contribution is -2.45. The third-order valence-corrected chi connectivity index (χ3v) is 6.52. The summed E-state index contributed by atoms with van der Waals surface area (Å²) in [5.74, 6) is -2.98. The number of halogens is 6. The molecule has 0 saturated heterocycles. The Kier molecular flexibility index (Phi) is 7.92. The minimum atomic E-state index is -5.15. The van der Waals surface area contributed by atoms with Crippen molar-refractivity contribution < 1.29 is 44.8 Å². The standard InChI is InChI=1S/C26H20F6N6O5/c27-25(28,29)16-13-18(38(39)40)19-22-36-37-23(43-22)24(26(30,31)32,42-14-15-7-3-1-4-8-15)10-6-2-5-9-17(34-20(16)35-19)21-33-11-12-41-21/h1-4,6-8,11-13,17H,5,9-10,14H2,(H,34,35)/b6-2-/t17?,24-/m1/s1. The highest BCUT2D eigenvalue weighted by Crippen LogP contribution is 2.47. The van der Waals surface area contributed by atoms with Gasteiger partial charge in [-0.2, -0.15) is 26.3 Å². The summed E-state index contributed by atoms with van der Waals surface area (Å²) >= 11 is 0. The van der Waals surface area contributed by atoms with Crippen LogP contribution in [-0.4, -0.2) is 31.3 Å². The predicted octanol–water partition coefficient (Wildman–Crippen LogP) is 6.91. The summed E-state index contributed by atoms with van der Waals surface area (Å²) in [5.41, 5.74) is -6.47. The van der Waals surface area contributed by atoms with E-state index in [0.29, 0.717) is 5.56 Å². The van der Waals surface area contributed by atoms with Crippen LogP contribution in [0.25, 0.3) is 11.6 Å². The largest absolute Gasteiger partial charge is 0.447 e. The van der Waals surface area contributed by atoms with E-state index in [0.717, 1.165) is 0 Å². The van der Waals surface area contributed by atoms with Gasteiger partial charge in [-0.3, -0.25) is 10.1 Å². The van der Waals surface area contributed by atoms with Gasteiger partial charge < -0.3 is 18.9 Å². The molecule has 0 amide bonds. The van der Waals surface area contributed by atoms with Gasteiger partial charge in [0.05, 0.1) is 17.7 Å². The van der Waals surface area contributed by atoms with Crippen molar-refractivity contribution in [3.8, 4) is 11.6 Å². The van der Waals surface area contributed by atoms with E-state index in [1.165, 1.54) is 36.7 Å². The van der Waals surface area contributed by atoms with E-state index in [-0.39, 0.29) is 24.8 Å². The summed E-state index contributed by atoms with van der Waals surface area (Å²) in [5, 5.41) is 21.4. The maximum atomic E-state index is 14.8. The molecule has 0 saturated carbocycles. The van der Waals surface area contributed by atoms with Gasteiger partial charge in [-0.15, -0.1) is 10.2 Å². The molecule has 1 aromatic carbocycles. The number of pyridine rings is 1. The van der Waals surface area contributed by atoms with Crippen LogP contribution in [0.5, 0.6) is 0 Å². The summed E-state index contributed by atoms with van der Waals surface area (Å²) in [6.45, 7) is -0.537. The van der Waals surface area contributed by atoms with Crippen LogP contribution < -0.4 is 5.32 Å². The highest BCUT2D eigenvalue weighted by Gasteiger charge is 2.61. The first-order valence-electron chi connectivity index (χ1n) is 12.6. The summed E-state index contributed by atoms with van der Waals surface area (Å²) in [4.78, 5) is 18.4. The number of oxazole rings is 1. The van der Waals surface area contributed by atoms with Crippen LogP contribution in [0.15, 0.2) is 69.8 Å². The van der Waals surface area contributed by atoms with Gasteiger partial charge in [0.25, 0.3) is 11.8 Å². The molecule has 17 heteroatoms. The molecule has 1 aliphatic heterocycles. The minimum Gasteiger partial charge on any atom is -0.447 e. The van der Waals surface area contributed by atoms with Crippen LogP contribution in [-0.2, 0) is 23.1 Å². The summed E-state index contributed by atoms with van der Waals surface area (Å²) < 4.78 is 103. The Morgan fingerprint density at radius 3 is 2.53 bits per heavy atom. The van der Waals surface area contributed by atoms with Crippen LogP contribution in [0.2, 0.25) is 0 Å². The van der Waals surface area contributed by atoms with E-state index in [1.54, 1.807) is 18.2 Å². The number of nitrogens with zero attached hydrogens (tertiary/aromatic N) is 5. The SMILES string of the molecule is O=[N+]([O-])c1cc(C(F)(F)F)c2nc1-c1nnc(o1)[C@@](OCc1ccccc1)(C(F)(F)F)C/C=C\CCC(c1ncco1)N2. The van der Waals surface area contributed by atoms with Crippen molar-refractivity contribution in [2.75, 3.05) is 5.32 Å². The molecule has 4 aromatic rings.